The molecule has 6 heteroatoms. The summed E-state index contributed by atoms with van der Waals surface area (Å²) in [6.07, 6.45) is 4.29. The minimum Gasteiger partial charge on any atom is -0.867 e. The summed E-state index contributed by atoms with van der Waals surface area (Å²) in [7, 11) is -3.17. The molecule has 8 aromatic rings. The van der Waals surface area contributed by atoms with Gasteiger partial charge >= 0.3 is 0 Å². The van der Waals surface area contributed by atoms with Gasteiger partial charge in [0.2, 0.25) is 42.2 Å². The first-order valence-electron chi connectivity index (χ1n) is 20.7. The Morgan fingerprint density at radius 1 is 0.333 bits per heavy atom. The van der Waals surface area contributed by atoms with Crippen LogP contribution in [0.4, 0.5) is 4.32 Å². The van der Waals surface area contributed by atoms with Crippen molar-refractivity contribution in [3.8, 4) is 64.0 Å². The Labute approximate surface area is 364 Å². The van der Waals surface area contributed by atoms with Crippen molar-refractivity contribution in [1.82, 2.24) is 0 Å². The highest BCUT2D eigenvalue weighted by Crippen LogP contribution is 2.39. The standard InChI is InChI=1S/2C27H25S.BFO2/c2*1-3-20-10-14-23(15-11-20)26-18-25(22-8-6-5-7-9-22)19-27(28-26)24-16-12-21(4-2)13-17-24;2-1(3)4/h2*5-19H,3-4H2,1-2H3;/q2*+1;-2. The molecule has 60 heavy (non-hydrogen) atoms. The van der Waals surface area contributed by atoms with E-state index in [0.29, 0.717) is 0 Å². The highest BCUT2D eigenvalue weighted by Gasteiger charge is 2.21. The molecule has 0 unspecified atom stereocenters. The summed E-state index contributed by atoms with van der Waals surface area (Å²) in [5, 5.41) is 16.6. The third-order valence-electron chi connectivity index (χ3n) is 10.4. The number of aryl methyl sites for hydroxylation is 4. The second kappa shape index (κ2) is 22.1. The zero-order chi connectivity index (χ0) is 42.3. The van der Waals surface area contributed by atoms with Gasteiger partial charge in [-0.25, -0.2) is 0 Å². The molecule has 0 saturated carbocycles. The molecule has 2 heterocycles. The molecule has 300 valence electrons. The first-order chi connectivity index (χ1) is 29.3. The molecule has 0 atom stereocenters. The van der Waals surface area contributed by atoms with E-state index in [9.17, 15) is 4.32 Å². The van der Waals surface area contributed by atoms with Gasteiger partial charge in [0, 0.05) is 46.5 Å². The summed E-state index contributed by atoms with van der Waals surface area (Å²) in [6, 6.07) is 66.6. The molecule has 6 aromatic carbocycles. The molecule has 0 saturated heterocycles. The van der Waals surface area contributed by atoms with E-state index in [1.165, 1.54) is 86.3 Å². The van der Waals surface area contributed by atoms with Crippen molar-refractivity contribution >= 4 is 30.1 Å². The van der Waals surface area contributed by atoms with E-state index in [1.807, 2.05) is 22.7 Å². The zero-order valence-corrected chi connectivity index (χ0v) is 36.4. The molecule has 0 bridgehead atoms. The van der Waals surface area contributed by atoms with Crippen molar-refractivity contribution in [2.75, 3.05) is 0 Å². The summed E-state index contributed by atoms with van der Waals surface area (Å²) in [5.41, 5.74) is 15.7. The minimum atomic E-state index is -3.17. The van der Waals surface area contributed by atoms with Crippen molar-refractivity contribution in [2.24, 2.45) is 0 Å². The molecule has 0 amide bonds. The smallest absolute Gasteiger partial charge is 0.239 e. The van der Waals surface area contributed by atoms with Crippen LogP contribution in [0.15, 0.2) is 182 Å². The van der Waals surface area contributed by atoms with Gasteiger partial charge in [0.05, 0.1) is 0 Å². The van der Waals surface area contributed by atoms with E-state index < -0.39 is 7.40 Å². The van der Waals surface area contributed by atoms with E-state index in [-0.39, 0.29) is 0 Å². The predicted octanol–water partition coefficient (Wildman–Crippen LogP) is 14.0. The maximum atomic E-state index is 9.89. The fraction of sp³-hybridized carbons (Fsp3) is 0.148. The number of benzene rings is 6. The van der Waals surface area contributed by atoms with Gasteiger partial charge in [-0.15, -0.1) is 0 Å². The van der Waals surface area contributed by atoms with Crippen LogP contribution < -0.4 is 10.0 Å². The third-order valence-corrected chi connectivity index (χ3v) is 12.7. The molecule has 0 aliphatic rings. The molecular weight excluding hydrogens is 775 g/mol. The van der Waals surface area contributed by atoms with Crippen LogP contribution in [-0.4, -0.2) is 7.40 Å². The van der Waals surface area contributed by atoms with Crippen LogP contribution in [0.3, 0.4) is 0 Å². The van der Waals surface area contributed by atoms with E-state index >= 15 is 0 Å². The molecule has 0 aliphatic heterocycles. The first-order valence-corrected chi connectivity index (χ1v) is 22.3. The maximum Gasteiger partial charge on any atom is 0.239 e. The van der Waals surface area contributed by atoms with E-state index in [0.717, 1.165) is 25.7 Å². The van der Waals surface area contributed by atoms with Crippen molar-refractivity contribution in [1.29, 1.82) is 0 Å². The molecule has 0 spiro atoms. The Bertz CT molecular complexity index is 2210. The molecule has 0 radical (unpaired) electrons. The van der Waals surface area contributed by atoms with Crippen molar-refractivity contribution in [3.05, 3.63) is 204 Å². The van der Waals surface area contributed by atoms with Gasteiger partial charge in [-0.05, 0) is 119 Å². The average Bonchev–Trinajstić information content (AvgIpc) is 3.32. The van der Waals surface area contributed by atoms with Crippen LogP contribution in [-0.2, 0) is 25.7 Å². The van der Waals surface area contributed by atoms with Gasteiger partial charge in [0.1, 0.15) is 7.40 Å². The second-order valence-electron chi connectivity index (χ2n) is 14.4. The van der Waals surface area contributed by atoms with Crippen LogP contribution in [0.1, 0.15) is 49.9 Å². The van der Waals surface area contributed by atoms with Gasteiger partial charge in [-0.2, -0.15) is 0 Å². The summed E-state index contributed by atoms with van der Waals surface area (Å²) in [5.74, 6) is 0. The van der Waals surface area contributed by atoms with Crippen molar-refractivity contribution < 1.29 is 14.4 Å². The van der Waals surface area contributed by atoms with E-state index in [1.54, 1.807) is 0 Å². The van der Waals surface area contributed by atoms with Gasteiger partial charge in [-0.3, -0.25) is 0 Å². The quantitative estimate of drug-likeness (QED) is 0.102. The van der Waals surface area contributed by atoms with Crippen LogP contribution in [0.5, 0.6) is 0 Å². The van der Waals surface area contributed by atoms with E-state index in [4.69, 9.17) is 10.0 Å². The monoisotopic (exact) mass is 824 g/mol. The molecule has 0 fully saturated rings. The van der Waals surface area contributed by atoms with Gasteiger partial charge < -0.3 is 14.4 Å². The zero-order valence-electron chi connectivity index (χ0n) is 34.7. The summed E-state index contributed by atoms with van der Waals surface area (Å²) in [4.78, 5) is 5.22. The fourth-order valence-electron chi connectivity index (χ4n) is 6.79. The molecule has 2 aromatic heterocycles. The summed E-state index contributed by atoms with van der Waals surface area (Å²) >= 11 is 3.73. The lowest BCUT2D eigenvalue weighted by molar-refractivity contribution is -0.366. The highest BCUT2D eigenvalue weighted by atomic mass is 32.1. The van der Waals surface area contributed by atoms with Crippen molar-refractivity contribution in [3.63, 3.8) is 0 Å². The van der Waals surface area contributed by atoms with Crippen molar-refractivity contribution in [2.45, 2.75) is 53.4 Å². The molecule has 2 nitrogen and oxygen atoms in total. The molecular formula is C54H50BFO2S2. The SMILES string of the molecule is CCc1ccc(-c2cc(-c3ccccc3)cc(-c3ccc(CC)cc3)[s+]2)cc1.CCc1ccc(-c2cc(-c3ccccc3)cc(-c3ccc(CC)cc3)[s+]2)cc1.[O-]B([O-])F. The number of halogens is 1. The third kappa shape index (κ3) is 12.2. The lowest BCUT2D eigenvalue weighted by Gasteiger charge is -2.09. The minimum absolute atomic E-state index is 1.07. The summed E-state index contributed by atoms with van der Waals surface area (Å²) in [6.45, 7) is 8.80. The van der Waals surface area contributed by atoms with E-state index in [2.05, 4.69) is 210 Å². The van der Waals surface area contributed by atoms with Gasteiger partial charge in [0.25, 0.3) is 0 Å². The summed E-state index contributed by atoms with van der Waals surface area (Å²) < 4.78 is 9.89. The number of rotatable bonds is 10. The molecule has 8 rings (SSSR count). The first kappa shape index (κ1) is 43.9. The Morgan fingerprint density at radius 2 is 0.550 bits per heavy atom. The highest BCUT2D eigenvalue weighted by molar-refractivity contribution is 7.18. The fourth-order valence-corrected chi connectivity index (χ4v) is 9.02. The van der Waals surface area contributed by atoms with Crippen LogP contribution in [0.2, 0.25) is 0 Å². The molecule has 0 aliphatic carbocycles. The Balaban J connectivity index is 0.000000185. The molecule has 0 N–H and O–H groups in total. The van der Waals surface area contributed by atoms with Crippen LogP contribution in [0.25, 0.3) is 64.0 Å². The lowest BCUT2D eigenvalue weighted by Crippen LogP contribution is -2.39. The van der Waals surface area contributed by atoms with Crippen LogP contribution in [0, 0.1) is 0 Å². The largest absolute Gasteiger partial charge is 0.867 e. The predicted molar refractivity (Wildman–Crippen MR) is 254 cm³/mol. The maximum absolute atomic E-state index is 9.89. The lowest BCUT2D eigenvalue weighted by atomic mass is 10.0. The van der Waals surface area contributed by atoms with Crippen LogP contribution >= 0.6 is 22.7 Å². The number of hydrogen-bond donors (Lipinski definition) is 0. The number of hydrogen-bond acceptors (Lipinski definition) is 2. The Morgan fingerprint density at radius 3 is 0.750 bits per heavy atom. The Hall–Kier alpha value is -5.63. The second-order valence-corrected chi connectivity index (χ2v) is 16.5. The topological polar surface area (TPSA) is 46.1 Å². The normalized spacial score (nSPS) is 10.5. The van der Waals surface area contributed by atoms with Gasteiger partial charge in [-0.1, -0.05) is 137 Å². The van der Waals surface area contributed by atoms with Gasteiger partial charge in [0.15, 0.2) is 0 Å². The average molecular weight is 825 g/mol. The Kier molecular flexibility index (Phi) is 16.2.